The third-order valence-electron chi connectivity index (χ3n) is 4.48. The molecule has 1 heterocycles. The topological polar surface area (TPSA) is 120 Å². The van der Waals surface area contributed by atoms with Crippen molar-refractivity contribution in [1.82, 2.24) is 5.32 Å². The number of nitrogens with two attached hydrogens (primary N) is 2. The van der Waals surface area contributed by atoms with Gasteiger partial charge in [0.1, 0.15) is 17.4 Å². The van der Waals surface area contributed by atoms with Crippen molar-refractivity contribution >= 4 is 5.96 Å². The summed E-state index contributed by atoms with van der Waals surface area (Å²) in [6, 6.07) is 2.22. The van der Waals surface area contributed by atoms with Gasteiger partial charge in [-0.1, -0.05) is 20.8 Å². The van der Waals surface area contributed by atoms with E-state index in [1.165, 1.54) is 0 Å². The molecule has 0 amide bonds. The van der Waals surface area contributed by atoms with E-state index in [0.717, 1.165) is 32.8 Å². The number of aliphatic hydroxyl groups is 1. The number of hydrogen-bond donors (Lipinski definition) is 4. The van der Waals surface area contributed by atoms with Crippen LogP contribution in [0.5, 0.6) is 0 Å². The monoisotopic (exact) mass is 293 g/mol. The molecule has 1 fully saturated rings. The average Bonchev–Trinajstić information content (AvgIpc) is 2.40. The zero-order chi connectivity index (χ0) is 16.3. The Balaban J connectivity index is 0.00000106. The number of rotatable bonds is 0. The Morgan fingerprint density at radius 2 is 1.81 bits per heavy atom. The second kappa shape index (κ2) is 6.35. The van der Waals surface area contributed by atoms with Crippen molar-refractivity contribution in [3.05, 3.63) is 11.4 Å². The molecule has 6 nitrogen and oxygen atoms in total. The molecule has 0 aromatic rings. The lowest BCUT2D eigenvalue weighted by molar-refractivity contribution is 0.148. The van der Waals surface area contributed by atoms with Gasteiger partial charge >= 0.3 is 0 Å². The van der Waals surface area contributed by atoms with E-state index in [2.05, 4.69) is 37.1 Å². The van der Waals surface area contributed by atoms with Gasteiger partial charge in [0.25, 0.3) is 0 Å². The largest absolute Gasteiger partial charge is 0.400 e. The number of nitrogens with one attached hydrogen (secondary N) is 1. The van der Waals surface area contributed by atoms with Crippen molar-refractivity contribution in [2.24, 2.45) is 27.8 Å². The van der Waals surface area contributed by atoms with Crippen LogP contribution in [-0.4, -0.2) is 23.7 Å². The van der Waals surface area contributed by atoms with Crippen LogP contribution < -0.4 is 16.8 Å². The Bertz CT molecular complexity index is 473. The number of nitrogens with zero attached hydrogens (tertiary/aromatic N) is 2. The molecule has 1 aliphatic heterocycles. The van der Waals surface area contributed by atoms with Crippen LogP contribution in [0.15, 0.2) is 16.4 Å². The standard InChI is InChI=1S/C14H23N5.CH4O/c1-13(2,3)9-4-6-14(7-5-9)10(8-15)11(16)18-12(17)19-14;1-2/h9H,4-7,16H2,1-3H3,(H3,17,18,19);2H,1H3. The maximum absolute atomic E-state index is 9.35. The van der Waals surface area contributed by atoms with Crippen LogP contribution in [0.4, 0.5) is 0 Å². The van der Waals surface area contributed by atoms with Gasteiger partial charge < -0.3 is 21.9 Å². The molecule has 2 rings (SSSR count). The fraction of sp³-hybridized carbons (Fsp3) is 0.733. The molecule has 0 bridgehead atoms. The fourth-order valence-electron chi connectivity index (χ4n) is 3.25. The number of aliphatic hydroxyl groups excluding tert-OH is 1. The number of nitriles is 1. The van der Waals surface area contributed by atoms with Crippen molar-refractivity contribution in [1.29, 1.82) is 5.26 Å². The first-order chi connectivity index (χ1) is 9.78. The van der Waals surface area contributed by atoms with Gasteiger partial charge in [0.05, 0.1) is 5.57 Å². The molecule has 0 radical (unpaired) electrons. The molecule has 6 N–H and O–H groups in total. The third-order valence-corrected chi connectivity index (χ3v) is 4.48. The molecule has 2 aliphatic rings. The van der Waals surface area contributed by atoms with E-state index < -0.39 is 5.54 Å². The van der Waals surface area contributed by atoms with Gasteiger partial charge in [0.2, 0.25) is 0 Å². The Labute approximate surface area is 126 Å². The van der Waals surface area contributed by atoms with Crippen LogP contribution in [0.1, 0.15) is 46.5 Å². The summed E-state index contributed by atoms with van der Waals surface area (Å²) < 4.78 is 0. The lowest BCUT2D eigenvalue weighted by Gasteiger charge is -2.43. The van der Waals surface area contributed by atoms with Crippen molar-refractivity contribution in [3.8, 4) is 6.07 Å². The molecule has 21 heavy (non-hydrogen) atoms. The highest BCUT2D eigenvalue weighted by atomic mass is 16.2. The summed E-state index contributed by atoms with van der Waals surface area (Å²) in [7, 11) is 1.00. The quantitative estimate of drug-likeness (QED) is 0.534. The second-order valence-electron chi connectivity index (χ2n) is 6.69. The molecule has 1 spiro atoms. The summed E-state index contributed by atoms with van der Waals surface area (Å²) >= 11 is 0. The average molecular weight is 293 g/mol. The van der Waals surface area contributed by atoms with Crippen LogP contribution in [0.25, 0.3) is 0 Å². The van der Waals surface area contributed by atoms with Gasteiger partial charge in [-0.15, -0.1) is 0 Å². The molecule has 0 unspecified atom stereocenters. The molecule has 6 heteroatoms. The predicted octanol–water partition coefficient (Wildman–Crippen LogP) is 1.18. The van der Waals surface area contributed by atoms with E-state index in [1.54, 1.807) is 0 Å². The predicted molar refractivity (Wildman–Crippen MR) is 83.9 cm³/mol. The second-order valence-corrected chi connectivity index (χ2v) is 6.69. The van der Waals surface area contributed by atoms with Gasteiger partial charge in [-0.2, -0.15) is 5.26 Å². The molecular formula is C15H27N5O. The van der Waals surface area contributed by atoms with Crippen molar-refractivity contribution in [2.75, 3.05) is 7.11 Å². The molecule has 0 aromatic carbocycles. The van der Waals surface area contributed by atoms with E-state index in [4.69, 9.17) is 16.6 Å². The minimum Gasteiger partial charge on any atom is -0.400 e. The number of aliphatic imine (C=N–C) groups is 1. The highest BCUT2D eigenvalue weighted by Gasteiger charge is 2.44. The van der Waals surface area contributed by atoms with Gasteiger partial charge in [0, 0.05) is 7.11 Å². The maximum Gasteiger partial charge on any atom is 0.195 e. The Morgan fingerprint density at radius 3 is 2.24 bits per heavy atom. The first-order valence-corrected chi connectivity index (χ1v) is 7.26. The molecule has 0 atom stereocenters. The molecular weight excluding hydrogens is 266 g/mol. The Hall–Kier alpha value is -1.74. The van der Waals surface area contributed by atoms with Gasteiger partial charge in [-0.25, -0.2) is 4.99 Å². The first-order valence-electron chi connectivity index (χ1n) is 7.26. The normalized spacial score (nSPS) is 29.0. The van der Waals surface area contributed by atoms with E-state index in [-0.39, 0.29) is 0 Å². The van der Waals surface area contributed by atoms with Crippen LogP contribution in [-0.2, 0) is 0 Å². The van der Waals surface area contributed by atoms with Crippen LogP contribution in [0.2, 0.25) is 0 Å². The highest BCUT2D eigenvalue weighted by Crippen LogP contribution is 2.46. The van der Waals surface area contributed by atoms with Crippen LogP contribution in [0, 0.1) is 22.7 Å². The van der Waals surface area contributed by atoms with E-state index >= 15 is 0 Å². The van der Waals surface area contributed by atoms with Crippen molar-refractivity contribution in [3.63, 3.8) is 0 Å². The molecule has 1 saturated carbocycles. The summed E-state index contributed by atoms with van der Waals surface area (Å²) in [5.41, 5.74) is 12.0. The van der Waals surface area contributed by atoms with Gasteiger partial charge in [0.15, 0.2) is 5.96 Å². The van der Waals surface area contributed by atoms with Crippen LogP contribution in [0.3, 0.4) is 0 Å². The molecule has 0 aromatic heterocycles. The van der Waals surface area contributed by atoms with Gasteiger partial charge in [-0.3, -0.25) is 0 Å². The van der Waals surface area contributed by atoms with E-state index in [9.17, 15) is 5.26 Å². The lowest BCUT2D eigenvalue weighted by Crippen LogP contribution is -2.48. The summed E-state index contributed by atoms with van der Waals surface area (Å²) in [4.78, 5) is 4.52. The van der Waals surface area contributed by atoms with Crippen LogP contribution >= 0.6 is 0 Å². The lowest BCUT2D eigenvalue weighted by atomic mass is 9.65. The number of guanidine groups is 1. The zero-order valence-electron chi connectivity index (χ0n) is 13.4. The summed E-state index contributed by atoms with van der Waals surface area (Å²) in [5, 5.41) is 19.1. The third kappa shape index (κ3) is 3.48. The molecule has 1 aliphatic carbocycles. The molecule has 118 valence electrons. The summed E-state index contributed by atoms with van der Waals surface area (Å²) in [6.45, 7) is 6.81. The van der Waals surface area contributed by atoms with E-state index in [0.29, 0.717) is 28.7 Å². The molecule has 0 saturated heterocycles. The minimum atomic E-state index is -0.490. The van der Waals surface area contributed by atoms with Crippen molar-refractivity contribution in [2.45, 2.75) is 52.0 Å². The highest BCUT2D eigenvalue weighted by molar-refractivity contribution is 5.82. The smallest absolute Gasteiger partial charge is 0.195 e. The fourth-order valence-corrected chi connectivity index (χ4v) is 3.25. The Morgan fingerprint density at radius 1 is 1.29 bits per heavy atom. The first kappa shape index (κ1) is 17.3. The summed E-state index contributed by atoms with van der Waals surface area (Å²) in [5.74, 6) is 1.35. The SMILES string of the molecule is CC(C)(C)C1CCC2(CC1)N=C(N)NC(N)=C2C#N.CO. The minimum absolute atomic E-state index is 0.297. The number of hydrogen-bond acceptors (Lipinski definition) is 6. The summed E-state index contributed by atoms with van der Waals surface area (Å²) in [6.07, 6.45) is 3.80. The van der Waals surface area contributed by atoms with Crippen molar-refractivity contribution < 1.29 is 5.11 Å². The Kier molecular flexibility index (Phi) is 5.24. The van der Waals surface area contributed by atoms with Gasteiger partial charge in [-0.05, 0) is 37.0 Å². The maximum atomic E-state index is 9.35. The zero-order valence-corrected chi connectivity index (χ0v) is 13.4. The van der Waals surface area contributed by atoms with E-state index in [1.807, 2.05) is 0 Å².